The number of hydrogen-bond acceptors (Lipinski definition) is 6. The lowest BCUT2D eigenvalue weighted by Gasteiger charge is -2.35. The van der Waals surface area contributed by atoms with Gasteiger partial charge in [0, 0.05) is 26.2 Å². The first-order valence-electron chi connectivity index (χ1n) is 7.28. The fraction of sp³-hybridized carbons (Fsp3) is 0.267. The highest BCUT2D eigenvalue weighted by Crippen LogP contribution is 2.15. The van der Waals surface area contributed by atoms with Crippen LogP contribution in [-0.2, 0) is 0 Å². The first-order valence-corrected chi connectivity index (χ1v) is 7.66. The zero-order valence-electron chi connectivity index (χ0n) is 12.6. The number of carbonyl (C=O) groups excluding carboxylic acids is 1. The summed E-state index contributed by atoms with van der Waals surface area (Å²) in [4.78, 5) is 30.9. The number of carbonyl (C=O) groups is 2. The highest BCUT2D eigenvalue weighted by atomic mass is 35.5. The molecular weight excluding hydrogens is 334 g/mol. The number of hydrogen-bond donors (Lipinski definition) is 1. The molecule has 0 aromatic carbocycles. The first-order chi connectivity index (χ1) is 11.5. The van der Waals surface area contributed by atoms with Gasteiger partial charge in [-0.15, -0.1) is 10.2 Å². The zero-order chi connectivity index (χ0) is 17.1. The highest BCUT2D eigenvalue weighted by molar-refractivity contribution is 6.29. The van der Waals surface area contributed by atoms with Gasteiger partial charge >= 0.3 is 5.97 Å². The second-order valence-corrected chi connectivity index (χ2v) is 5.59. The normalized spacial score (nSPS) is 14.5. The number of anilines is 1. The van der Waals surface area contributed by atoms with E-state index in [0.29, 0.717) is 37.7 Å². The molecule has 1 aliphatic rings. The summed E-state index contributed by atoms with van der Waals surface area (Å²) in [5.41, 5.74) is 0.223. The van der Waals surface area contributed by atoms with E-state index in [-0.39, 0.29) is 16.8 Å². The number of nitrogens with zero attached hydrogens (tertiary/aromatic N) is 5. The Morgan fingerprint density at radius 1 is 1.00 bits per heavy atom. The summed E-state index contributed by atoms with van der Waals surface area (Å²) in [7, 11) is 0. The lowest BCUT2D eigenvalue weighted by molar-refractivity contribution is 0.0687. The maximum atomic E-state index is 12.4. The largest absolute Gasteiger partial charge is 0.476 e. The Morgan fingerprint density at radius 3 is 2.33 bits per heavy atom. The molecule has 0 atom stereocenters. The summed E-state index contributed by atoms with van der Waals surface area (Å²) in [5, 5.41) is 16.7. The van der Waals surface area contributed by atoms with Crippen LogP contribution in [0.3, 0.4) is 0 Å². The Bertz CT molecular complexity index is 760. The van der Waals surface area contributed by atoms with E-state index >= 15 is 0 Å². The Hall–Kier alpha value is -2.74. The number of aromatic nitrogens is 3. The number of halogens is 1. The number of carboxylic acid groups (broad SMARTS) is 1. The molecule has 1 aliphatic heterocycles. The lowest BCUT2D eigenvalue weighted by atomic mass is 10.2. The number of amides is 1. The van der Waals surface area contributed by atoms with Crippen LogP contribution in [0.15, 0.2) is 30.3 Å². The minimum absolute atomic E-state index is 0.0976. The summed E-state index contributed by atoms with van der Waals surface area (Å²) in [6, 6.07) is 7.98. The van der Waals surface area contributed by atoms with Gasteiger partial charge in [0.05, 0.1) is 0 Å². The van der Waals surface area contributed by atoms with Crippen LogP contribution in [0.2, 0.25) is 5.15 Å². The van der Waals surface area contributed by atoms with Crippen molar-refractivity contribution in [2.45, 2.75) is 0 Å². The Kier molecular flexibility index (Phi) is 4.57. The predicted octanol–water partition coefficient (Wildman–Crippen LogP) is 1.19. The fourth-order valence-corrected chi connectivity index (χ4v) is 2.60. The van der Waals surface area contributed by atoms with E-state index in [1.807, 2.05) is 4.90 Å². The summed E-state index contributed by atoms with van der Waals surface area (Å²) in [6.45, 7) is 2.17. The van der Waals surface area contributed by atoms with Gasteiger partial charge < -0.3 is 14.9 Å². The van der Waals surface area contributed by atoms with Crippen molar-refractivity contribution in [1.29, 1.82) is 0 Å². The number of carboxylic acids is 1. The van der Waals surface area contributed by atoms with Crippen LogP contribution in [0.5, 0.6) is 0 Å². The SMILES string of the molecule is O=C(O)c1ccc(N2CCN(C(=O)c3cccc(Cl)n3)CC2)nn1. The zero-order valence-corrected chi connectivity index (χ0v) is 13.3. The third kappa shape index (κ3) is 3.43. The Labute approximate surface area is 142 Å². The first kappa shape index (κ1) is 16.1. The van der Waals surface area contributed by atoms with Crippen molar-refractivity contribution >= 4 is 29.3 Å². The molecule has 2 aromatic heterocycles. The van der Waals surface area contributed by atoms with Gasteiger partial charge in [-0.05, 0) is 24.3 Å². The molecule has 3 heterocycles. The van der Waals surface area contributed by atoms with Gasteiger partial charge in [-0.25, -0.2) is 9.78 Å². The second kappa shape index (κ2) is 6.79. The molecule has 0 saturated carbocycles. The van der Waals surface area contributed by atoms with Crippen LogP contribution >= 0.6 is 11.6 Å². The summed E-state index contributed by atoms with van der Waals surface area (Å²) >= 11 is 5.82. The van der Waals surface area contributed by atoms with Gasteiger partial charge in [-0.1, -0.05) is 17.7 Å². The smallest absolute Gasteiger partial charge is 0.356 e. The van der Waals surface area contributed by atoms with E-state index in [1.165, 1.54) is 6.07 Å². The van der Waals surface area contributed by atoms with Gasteiger partial charge in [0.2, 0.25) is 0 Å². The predicted molar refractivity (Wildman–Crippen MR) is 86.4 cm³/mol. The van der Waals surface area contributed by atoms with Gasteiger partial charge in [-0.3, -0.25) is 4.79 Å². The Morgan fingerprint density at radius 2 is 1.75 bits per heavy atom. The molecule has 124 valence electrons. The molecule has 8 nitrogen and oxygen atoms in total. The summed E-state index contributed by atoms with van der Waals surface area (Å²) < 4.78 is 0. The van der Waals surface area contributed by atoms with Crippen molar-refractivity contribution in [2.24, 2.45) is 0 Å². The standard InChI is InChI=1S/C15H14ClN5O3/c16-12-3-1-2-10(17-12)14(22)21-8-6-20(7-9-21)13-5-4-11(15(23)24)18-19-13/h1-5H,6-9H2,(H,23,24). The lowest BCUT2D eigenvalue weighted by Crippen LogP contribution is -2.49. The van der Waals surface area contributed by atoms with E-state index in [2.05, 4.69) is 15.2 Å². The van der Waals surface area contributed by atoms with Crippen LogP contribution in [-0.4, -0.2) is 63.2 Å². The maximum Gasteiger partial charge on any atom is 0.356 e. The Balaban J connectivity index is 1.63. The number of aromatic carboxylic acids is 1. The topological polar surface area (TPSA) is 99.5 Å². The molecule has 1 fully saturated rings. The van der Waals surface area contributed by atoms with Crippen molar-refractivity contribution < 1.29 is 14.7 Å². The third-order valence-corrected chi connectivity index (χ3v) is 3.91. The van der Waals surface area contributed by atoms with Gasteiger partial charge in [0.15, 0.2) is 11.5 Å². The molecule has 3 rings (SSSR count). The van der Waals surface area contributed by atoms with Crippen LogP contribution in [0, 0.1) is 0 Å². The van der Waals surface area contributed by atoms with Gasteiger partial charge in [0.1, 0.15) is 10.8 Å². The molecule has 1 N–H and O–H groups in total. The van der Waals surface area contributed by atoms with Gasteiger partial charge in [-0.2, -0.15) is 0 Å². The molecule has 0 spiro atoms. The van der Waals surface area contributed by atoms with Crippen molar-refractivity contribution in [1.82, 2.24) is 20.1 Å². The summed E-state index contributed by atoms with van der Waals surface area (Å²) in [5.74, 6) is -0.684. The quantitative estimate of drug-likeness (QED) is 0.832. The molecule has 0 bridgehead atoms. The average Bonchev–Trinajstić information content (AvgIpc) is 2.61. The molecule has 1 saturated heterocycles. The van der Waals surface area contributed by atoms with E-state index in [0.717, 1.165) is 0 Å². The van der Waals surface area contributed by atoms with E-state index in [9.17, 15) is 9.59 Å². The fourth-order valence-electron chi connectivity index (χ4n) is 2.44. The van der Waals surface area contributed by atoms with Crippen LogP contribution < -0.4 is 4.90 Å². The molecule has 0 aliphatic carbocycles. The molecule has 0 radical (unpaired) electrons. The minimum atomic E-state index is -1.11. The number of piperazine rings is 1. The van der Waals surface area contributed by atoms with Crippen LogP contribution in [0.1, 0.15) is 21.0 Å². The average molecular weight is 348 g/mol. The molecule has 9 heteroatoms. The number of rotatable bonds is 3. The van der Waals surface area contributed by atoms with Crippen molar-refractivity contribution in [3.8, 4) is 0 Å². The van der Waals surface area contributed by atoms with E-state index in [1.54, 1.807) is 29.2 Å². The molecule has 24 heavy (non-hydrogen) atoms. The van der Waals surface area contributed by atoms with Crippen molar-refractivity contribution in [3.05, 3.63) is 46.9 Å². The molecule has 0 unspecified atom stereocenters. The number of pyridine rings is 1. The van der Waals surface area contributed by atoms with Crippen molar-refractivity contribution in [3.63, 3.8) is 0 Å². The van der Waals surface area contributed by atoms with E-state index < -0.39 is 5.97 Å². The summed E-state index contributed by atoms with van der Waals surface area (Å²) in [6.07, 6.45) is 0. The van der Waals surface area contributed by atoms with E-state index in [4.69, 9.17) is 16.7 Å². The van der Waals surface area contributed by atoms with Crippen LogP contribution in [0.25, 0.3) is 0 Å². The molecule has 1 amide bonds. The molecular formula is C15H14ClN5O3. The van der Waals surface area contributed by atoms with Crippen LogP contribution in [0.4, 0.5) is 5.82 Å². The van der Waals surface area contributed by atoms with Crippen molar-refractivity contribution in [2.75, 3.05) is 31.1 Å². The monoisotopic (exact) mass is 347 g/mol. The third-order valence-electron chi connectivity index (χ3n) is 3.69. The highest BCUT2D eigenvalue weighted by Gasteiger charge is 2.24. The van der Waals surface area contributed by atoms with Gasteiger partial charge in [0.25, 0.3) is 5.91 Å². The molecule has 2 aromatic rings. The maximum absolute atomic E-state index is 12.4. The minimum Gasteiger partial charge on any atom is -0.476 e. The second-order valence-electron chi connectivity index (χ2n) is 5.21.